The highest BCUT2D eigenvalue weighted by atomic mass is 35.5. The van der Waals surface area contributed by atoms with Crippen molar-refractivity contribution in [1.82, 2.24) is 5.32 Å². The van der Waals surface area contributed by atoms with Gasteiger partial charge in [0.1, 0.15) is 12.4 Å². The van der Waals surface area contributed by atoms with Gasteiger partial charge in [0.15, 0.2) is 0 Å². The molecule has 1 atom stereocenters. The Morgan fingerprint density at radius 3 is 2.72 bits per heavy atom. The van der Waals surface area contributed by atoms with E-state index in [0.29, 0.717) is 30.2 Å². The lowest BCUT2D eigenvalue weighted by atomic mass is 9.96. The molecule has 0 aliphatic carbocycles. The second kappa shape index (κ2) is 7.57. The minimum atomic E-state index is -0.382. The van der Waals surface area contributed by atoms with Gasteiger partial charge in [0, 0.05) is 11.6 Å². The molecule has 0 bridgehead atoms. The molecular formula is C19H18ClNO4. The Kier molecular flexibility index (Phi) is 5.24. The van der Waals surface area contributed by atoms with Crippen LogP contribution in [0.15, 0.2) is 42.5 Å². The first-order valence-corrected chi connectivity index (χ1v) is 8.31. The molecule has 0 spiro atoms. The first-order valence-electron chi connectivity index (χ1n) is 7.93. The summed E-state index contributed by atoms with van der Waals surface area (Å²) in [4.78, 5) is 23.8. The van der Waals surface area contributed by atoms with Crippen molar-refractivity contribution in [1.29, 1.82) is 0 Å². The number of halogens is 1. The Hall–Kier alpha value is -2.53. The van der Waals surface area contributed by atoms with E-state index >= 15 is 0 Å². The number of benzene rings is 2. The molecule has 6 heteroatoms. The lowest BCUT2D eigenvalue weighted by Crippen LogP contribution is -2.37. The maximum atomic E-state index is 12.4. The zero-order chi connectivity index (χ0) is 17.8. The molecule has 2 aromatic rings. The van der Waals surface area contributed by atoms with Crippen LogP contribution in [0, 0.1) is 5.92 Å². The van der Waals surface area contributed by atoms with Crippen LogP contribution in [0.5, 0.6) is 5.75 Å². The maximum absolute atomic E-state index is 12.4. The molecule has 0 aromatic heterocycles. The summed E-state index contributed by atoms with van der Waals surface area (Å²) in [6.07, 6.45) is 0.600. The summed E-state index contributed by atoms with van der Waals surface area (Å²) < 4.78 is 10.3. The average Bonchev–Trinajstić information content (AvgIpc) is 2.65. The fraction of sp³-hybridized carbons (Fsp3) is 0.263. The van der Waals surface area contributed by atoms with E-state index in [1.807, 2.05) is 12.1 Å². The molecule has 1 aliphatic rings. The van der Waals surface area contributed by atoms with Gasteiger partial charge in [0.2, 0.25) is 5.91 Å². The molecule has 1 amide bonds. The zero-order valence-electron chi connectivity index (χ0n) is 13.8. The van der Waals surface area contributed by atoms with Gasteiger partial charge in [0.25, 0.3) is 0 Å². The Morgan fingerprint density at radius 1 is 1.24 bits per heavy atom. The number of rotatable bonds is 4. The van der Waals surface area contributed by atoms with Crippen molar-refractivity contribution in [3.8, 4) is 5.75 Å². The minimum absolute atomic E-state index is 0.0670. The average molecular weight is 360 g/mol. The lowest BCUT2D eigenvalue weighted by Gasteiger charge is -2.24. The predicted octanol–water partition coefficient (Wildman–Crippen LogP) is 2.99. The molecule has 0 saturated carbocycles. The van der Waals surface area contributed by atoms with Crippen LogP contribution in [-0.4, -0.2) is 25.6 Å². The zero-order valence-corrected chi connectivity index (χ0v) is 14.5. The quantitative estimate of drug-likeness (QED) is 0.852. The van der Waals surface area contributed by atoms with Gasteiger partial charge < -0.3 is 14.8 Å². The van der Waals surface area contributed by atoms with Crippen LogP contribution in [0.4, 0.5) is 0 Å². The van der Waals surface area contributed by atoms with E-state index in [1.54, 1.807) is 30.3 Å². The van der Waals surface area contributed by atoms with E-state index in [4.69, 9.17) is 16.3 Å². The van der Waals surface area contributed by atoms with E-state index in [1.165, 1.54) is 7.11 Å². The van der Waals surface area contributed by atoms with Crippen LogP contribution in [0.1, 0.15) is 21.5 Å². The molecule has 0 unspecified atom stereocenters. The summed E-state index contributed by atoms with van der Waals surface area (Å²) in [6.45, 7) is 0.737. The number of fused-ring (bicyclic) bond motifs is 1. The Morgan fingerprint density at radius 2 is 2.00 bits per heavy atom. The van der Waals surface area contributed by atoms with Crippen molar-refractivity contribution in [2.24, 2.45) is 5.92 Å². The van der Waals surface area contributed by atoms with Crippen LogP contribution in [-0.2, 0) is 22.5 Å². The molecule has 1 heterocycles. The van der Waals surface area contributed by atoms with Crippen molar-refractivity contribution < 1.29 is 19.1 Å². The molecule has 0 radical (unpaired) electrons. The summed E-state index contributed by atoms with van der Waals surface area (Å²) in [7, 11) is 1.34. The molecule has 1 N–H and O–H groups in total. The number of methoxy groups -OCH3 is 1. The fourth-order valence-electron chi connectivity index (χ4n) is 2.74. The van der Waals surface area contributed by atoms with Crippen LogP contribution in [0.25, 0.3) is 0 Å². The van der Waals surface area contributed by atoms with Crippen molar-refractivity contribution in [2.75, 3.05) is 13.7 Å². The highest BCUT2D eigenvalue weighted by Gasteiger charge is 2.26. The number of amides is 1. The molecule has 2 aromatic carbocycles. The summed E-state index contributed by atoms with van der Waals surface area (Å²) >= 11 is 6.00. The van der Waals surface area contributed by atoms with E-state index in [-0.39, 0.29) is 17.8 Å². The van der Waals surface area contributed by atoms with Gasteiger partial charge >= 0.3 is 5.97 Å². The normalized spacial score (nSPS) is 15.7. The maximum Gasteiger partial charge on any atom is 0.337 e. The number of nitrogens with one attached hydrogen (secondary N) is 1. The van der Waals surface area contributed by atoms with Crippen molar-refractivity contribution in [3.05, 3.63) is 64.2 Å². The smallest absolute Gasteiger partial charge is 0.337 e. The molecule has 5 nitrogen and oxygen atoms in total. The standard InChI is InChI=1S/C19H18ClNO4/c1-24-19(23)13-4-2-12(3-5-13)10-21-18(22)15-8-14-9-16(20)6-7-17(14)25-11-15/h2-7,9,15H,8,10-11H2,1H3,(H,21,22)/t15-/m1/s1. The molecule has 25 heavy (non-hydrogen) atoms. The molecule has 0 saturated heterocycles. The lowest BCUT2D eigenvalue weighted by molar-refractivity contribution is -0.126. The highest BCUT2D eigenvalue weighted by molar-refractivity contribution is 6.30. The first kappa shape index (κ1) is 17.3. The van der Waals surface area contributed by atoms with Crippen molar-refractivity contribution in [3.63, 3.8) is 0 Å². The third kappa shape index (κ3) is 4.12. The topological polar surface area (TPSA) is 64.6 Å². The Labute approximate surface area is 150 Å². The number of hydrogen-bond donors (Lipinski definition) is 1. The van der Waals surface area contributed by atoms with Crippen LogP contribution >= 0.6 is 11.6 Å². The summed E-state index contributed by atoms with van der Waals surface area (Å²) in [5.41, 5.74) is 2.33. The SMILES string of the molecule is COC(=O)c1ccc(CNC(=O)[C@H]2COc3ccc(Cl)cc3C2)cc1. The third-order valence-electron chi connectivity index (χ3n) is 4.14. The second-order valence-corrected chi connectivity index (χ2v) is 6.31. The van der Waals surface area contributed by atoms with Crippen molar-refractivity contribution >= 4 is 23.5 Å². The summed E-state index contributed by atoms with van der Waals surface area (Å²) in [5, 5.41) is 3.54. The molecule has 3 rings (SSSR count). The van der Waals surface area contributed by atoms with Crippen LogP contribution < -0.4 is 10.1 Å². The van der Waals surface area contributed by atoms with E-state index in [2.05, 4.69) is 10.1 Å². The first-order chi connectivity index (χ1) is 12.1. The summed E-state index contributed by atoms with van der Waals surface area (Å²) in [6, 6.07) is 12.4. The van der Waals surface area contributed by atoms with Crippen LogP contribution in [0.3, 0.4) is 0 Å². The Bertz CT molecular complexity index is 789. The van der Waals surface area contributed by atoms with Gasteiger partial charge in [-0.25, -0.2) is 4.79 Å². The molecule has 0 fully saturated rings. The van der Waals surface area contributed by atoms with Gasteiger partial charge in [-0.05, 0) is 47.9 Å². The number of ether oxygens (including phenoxy) is 2. The predicted molar refractivity (Wildman–Crippen MR) is 93.8 cm³/mol. The number of carbonyl (C=O) groups excluding carboxylic acids is 2. The van der Waals surface area contributed by atoms with E-state index in [0.717, 1.165) is 16.9 Å². The molecule has 130 valence electrons. The molecule has 1 aliphatic heterocycles. The van der Waals surface area contributed by atoms with Gasteiger partial charge in [0.05, 0.1) is 18.6 Å². The highest BCUT2D eigenvalue weighted by Crippen LogP contribution is 2.29. The van der Waals surface area contributed by atoms with Gasteiger partial charge in [-0.3, -0.25) is 4.79 Å². The van der Waals surface area contributed by atoms with Gasteiger partial charge in [-0.2, -0.15) is 0 Å². The number of hydrogen-bond acceptors (Lipinski definition) is 4. The monoisotopic (exact) mass is 359 g/mol. The van der Waals surface area contributed by atoms with E-state index in [9.17, 15) is 9.59 Å². The third-order valence-corrected chi connectivity index (χ3v) is 4.38. The van der Waals surface area contributed by atoms with Gasteiger partial charge in [-0.1, -0.05) is 23.7 Å². The fourth-order valence-corrected chi connectivity index (χ4v) is 2.94. The molecular weight excluding hydrogens is 342 g/mol. The second-order valence-electron chi connectivity index (χ2n) is 5.87. The summed E-state index contributed by atoms with van der Waals surface area (Å²) in [5.74, 6) is 0.0853. The number of carbonyl (C=O) groups is 2. The largest absolute Gasteiger partial charge is 0.492 e. The Balaban J connectivity index is 1.57. The van der Waals surface area contributed by atoms with Gasteiger partial charge in [-0.15, -0.1) is 0 Å². The van der Waals surface area contributed by atoms with Crippen LogP contribution in [0.2, 0.25) is 5.02 Å². The van der Waals surface area contributed by atoms with Crippen molar-refractivity contribution in [2.45, 2.75) is 13.0 Å². The number of esters is 1. The minimum Gasteiger partial charge on any atom is -0.492 e. The van der Waals surface area contributed by atoms with E-state index < -0.39 is 0 Å².